The number of carbonyl (C=O) groups excluding carboxylic acids is 2. The zero-order valence-electron chi connectivity index (χ0n) is 18.7. The van der Waals surface area contributed by atoms with Crippen LogP contribution in [0.25, 0.3) is 10.3 Å². The van der Waals surface area contributed by atoms with Gasteiger partial charge in [0.15, 0.2) is 10.8 Å². The lowest BCUT2D eigenvalue weighted by Gasteiger charge is -2.31. The van der Waals surface area contributed by atoms with Crippen LogP contribution in [0, 0.1) is 17.6 Å². The number of carbonyl (C=O) groups is 2. The highest BCUT2D eigenvalue weighted by Crippen LogP contribution is 2.29. The molecule has 9 nitrogen and oxygen atoms in total. The molecule has 0 unspecified atom stereocenters. The number of anilines is 2. The van der Waals surface area contributed by atoms with Crippen LogP contribution < -0.4 is 21.1 Å². The van der Waals surface area contributed by atoms with Crippen molar-refractivity contribution in [1.82, 2.24) is 19.9 Å². The van der Waals surface area contributed by atoms with Gasteiger partial charge in [0, 0.05) is 31.1 Å². The van der Waals surface area contributed by atoms with Gasteiger partial charge in [0.1, 0.15) is 29.2 Å². The van der Waals surface area contributed by atoms with Crippen LogP contribution in [-0.2, 0) is 16.1 Å². The zero-order valence-corrected chi connectivity index (χ0v) is 19.5. The molecule has 1 saturated heterocycles. The van der Waals surface area contributed by atoms with Crippen molar-refractivity contribution < 1.29 is 18.4 Å². The van der Waals surface area contributed by atoms with E-state index >= 15 is 0 Å². The van der Waals surface area contributed by atoms with Gasteiger partial charge in [-0.05, 0) is 38.8 Å². The predicted molar refractivity (Wildman–Crippen MR) is 125 cm³/mol. The Balaban J connectivity index is 1.44. The number of rotatable bonds is 6. The summed E-state index contributed by atoms with van der Waals surface area (Å²) in [6.07, 6.45) is 2.59. The third kappa shape index (κ3) is 5.22. The predicted octanol–water partition coefficient (Wildman–Crippen LogP) is 2.51. The summed E-state index contributed by atoms with van der Waals surface area (Å²) < 4.78 is 28.2. The van der Waals surface area contributed by atoms with E-state index in [0.717, 1.165) is 16.7 Å². The summed E-state index contributed by atoms with van der Waals surface area (Å²) in [6, 6.07) is 2.89. The van der Waals surface area contributed by atoms with E-state index in [4.69, 9.17) is 0 Å². The number of nitrogens with zero attached hydrogens (tertiary/aromatic N) is 4. The Hall–Kier alpha value is -3.41. The van der Waals surface area contributed by atoms with Gasteiger partial charge in [0.2, 0.25) is 11.8 Å². The molecule has 2 amide bonds. The molecule has 3 heterocycles. The maximum atomic E-state index is 13.8. The first-order valence-electron chi connectivity index (χ1n) is 10.9. The molecule has 0 radical (unpaired) electrons. The van der Waals surface area contributed by atoms with Crippen LogP contribution in [0.3, 0.4) is 0 Å². The summed E-state index contributed by atoms with van der Waals surface area (Å²) in [5, 5.41) is 5.90. The topological polar surface area (TPSA) is 109 Å². The Bertz CT molecular complexity index is 1280. The highest BCUT2D eigenvalue weighted by molar-refractivity contribution is 7.22. The van der Waals surface area contributed by atoms with E-state index in [9.17, 15) is 23.2 Å². The number of hydrogen-bond donors (Lipinski definition) is 2. The number of fused-ring (bicyclic) bond motifs is 1. The average molecular weight is 491 g/mol. The number of thiazole rings is 1. The smallest absolute Gasteiger partial charge is 0.273 e. The summed E-state index contributed by atoms with van der Waals surface area (Å²) in [5.41, 5.74) is -0.334. The maximum absolute atomic E-state index is 13.8. The van der Waals surface area contributed by atoms with Gasteiger partial charge in [-0.2, -0.15) is 4.98 Å². The van der Waals surface area contributed by atoms with Crippen molar-refractivity contribution in [3.8, 4) is 0 Å². The van der Waals surface area contributed by atoms with Crippen LogP contribution in [0.2, 0.25) is 0 Å². The second-order valence-electron chi connectivity index (χ2n) is 8.42. The summed E-state index contributed by atoms with van der Waals surface area (Å²) in [6.45, 7) is 4.74. The first kappa shape index (κ1) is 23.7. The molecule has 0 saturated carbocycles. The molecule has 2 N–H and O–H groups in total. The standard InChI is InChI=1S/C22H24F2N6O3S/c1-12(2)26-20(32)13-5-7-29(8-6-13)22-28-19-18(34-22)21(33)30(11-25-19)10-17(31)27-16-4-3-14(23)9-15(16)24/h3-4,9,11-13H,5-8,10H2,1-2H3,(H,26,32)(H,27,31). The first-order chi connectivity index (χ1) is 16.2. The van der Waals surface area contributed by atoms with Gasteiger partial charge >= 0.3 is 0 Å². The fraction of sp³-hybridized carbons (Fsp3) is 0.409. The van der Waals surface area contributed by atoms with Crippen molar-refractivity contribution >= 4 is 44.3 Å². The molecule has 1 aliphatic rings. The van der Waals surface area contributed by atoms with E-state index in [2.05, 4.69) is 20.6 Å². The van der Waals surface area contributed by atoms with E-state index in [-0.39, 0.29) is 35.7 Å². The molecule has 0 aliphatic carbocycles. The number of hydrogen-bond acceptors (Lipinski definition) is 7. The molecule has 180 valence electrons. The van der Waals surface area contributed by atoms with Gasteiger partial charge in [-0.25, -0.2) is 13.8 Å². The lowest BCUT2D eigenvalue weighted by atomic mass is 9.96. The summed E-state index contributed by atoms with van der Waals surface area (Å²) in [5.74, 6) is -2.31. The lowest BCUT2D eigenvalue weighted by Crippen LogP contribution is -2.42. The molecule has 12 heteroatoms. The second-order valence-corrected chi connectivity index (χ2v) is 9.40. The molecule has 3 aromatic rings. The zero-order chi connectivity index (χ0) is 24.4. The van der Waals surface area contributed by atoms with Crippen LogP contribution in [0.1, 0.15) is 26.7 Å². The third-order valence-corrected chi connectivity index (χ3v) is 6.55. The number of benzene rings is 1. The molecule has 2 aromatic heterocycles. The van der Waals surface area contributed by atoms with Crippen molar-refractivity contribution in [1.29, 1.82) is 0 Å². The highest BCUT2D eigenvalue weighted by Gasteiger charge is 2.27. The van der Waals surface area contributed by atoms with Crippen LogP contribution in [0.4, 0.5) is 19.6 Å². The number of nitrogens with one attached hydrogen (secondary N) is 2. The van der Waals surface area contributed by atoms with Gasteiger partial charge in [-0.3, -0.25) is 19.0 Å². The molecular formula is C22H24F2N6O3S. The summed E-state index contributed by atoms with van der Waals surface area (Å²) >= 11 is 1.19. The number of aromatic nitrogens is 3. The molecule has 1 aliphatic heterocycles. The maximum Gasteiger partial charge on any atom is 0.273 e. The normalized spacial score (nSPS) is 14.6. The molecule has 0 atom stereocenters. The number of piperidine rings is 1. The molecule has 34 heavy (non-hydrogen) atoms. The van der Waals surface area contributed by atoms with Gasteiger partial charge in [-0.15, -0.1) is 0 Å². The van der Waals surface area contributed by atoms with Crippen LogP contribution in [-0.4, -0.2) is 45.5 Å². The van der Waals surface area contributed by atoms with Crippen molar-refractivity contribution in [3.05, 3.63) is 46.5 Å². The second kappa shape index (κ2) is 9.84. The first-order valence-corrected chi connectivity index (χ1v) is 11.7. The molecule has 0 spiro atoms. The van der Waals surface area contributed by atoms with Crippen LogP contribution in [0.15, 0.2) is 29.3 Å². The van der Waals surface area contributed by atoms with Crippen LogP contribution in [0.5, 0.6) is 0 Å². The quantitative estimate of drug-likeness (QED) is 0.550. The molecular weight excluding hydrogens is 466 g/mol. The minimum absolute atomic E-state index is 0.0483. The number of amides is 2. The Morgan fingerprint density at radius 1 is 1.24 bits per heavy atom. The Labute approximate surface area is 197 Å². The van der Waals surface area contributed by atoms with E-state index < -0.39 is 23.1 Å². The lowest BCUT2D eigenvalue weighted by molar-refractivity contribution is -0.126. The highest BCUT2D eigenvalue weighted by atomic mass is 32.1. The van der Waals surface area contributed by atoms with Gasteiger partial charge < -0.3 is 15.5 Å². The van der Waals surface area contributed by atoms with Crippen molar-refractivity contribution in [2.45, 2.75) is 39.3 Å². The monoisotopic (exact) mass is 490 g/mol. The number of halogens is 2. The van der Waals surface area contributed by atoms with E-state index in [1.165, 1.54) is 17.7 Å². The fourth-order valence-electron chi connectivity index (χ4n) is 3.75. The minimum atomic E-state index is -0.910. The van der Waals surface area contributed by atoms with Gasteiger partial charge in [0.25, 0.3) is 5.56 Å². The van der Waals surface area contributed by atoms with Crippen molar-refractivity contribution in [2.24, 2.45) is 5.92 Å². The molecule has 1 aromatic carbocycles. The average Bonchev–Trinajstić information content (AvgIpc) is 3.22. The van der Waals surface area contributed by atoms with Gasteiger partial charge in [0.05, 0.1) is 5.69 Å². The summed E-state index contributed by atoms with van der Waals surface area (Å²) in [4.78, 5) is 48.1. The Morgan fingerprint density at radius 2 is 1.97 bits per heavy atom. The van der Waals surface area contributed by atoms with Gasteiger partial charge in [-0.1, -0.05) is 11.3 Å². The molecule has 4 rings (SSSR count). The SMILES string of the molecule is CC(C)NC(=O)C1CCN(c2nc3ncn(CC(=O)Nc4ccc(F)cc4F)c(=O)c3s2)CC1. The molecule has 0 bridgehead atoms. The van der Waals surface area contributed by atoms with Crippen LogP contribution >= 0.6 is 11.3 Å². The Morgan fingerprint density at radius 3 is 2.65 bits per heavy atom. The van der Waals surface area contributed by atoms with E-state index in [1.54, 1.807) is 0 Å². The largest absolute Gasteiger partial charge is 0.354 e. The van der Waals surface area contributed by atoms with E-state index in [1.807, 2.05) is 18.7 Å². The minimum Gasteiger partial charge on any atom is -0.354 e. The third-order valence-electron chi connectivity index (χ3n) is 5.46. The van der Waals surface area contributed by atoms with Crippen molar-refractivity contribution in [3.63, 3.8) is 0 Å². The fourth-order valence-corrected chi connectivity index (χ4v) is 4.77. The van der Waals surface area contributed by atoms with Crippen molar-refractivity contribution in [2.75, 3.05) is 23.3 Å². The molecule has 1 fully saturated rings. The Kier molecular flexibility index (Phi) is 6.87. The van der Waals surface area contributed by atoms with E-state index in [0.29, 0.717) is 41.8 Å². The summed E-state index contributed by atoms with van der Waals surface area (Å²) in [7, 11) is 0.